The van der Waals surface area contributed by atoms with E-state index in [1.807, 2.05) is 35.6 Å². The molecule has 0 unspecified atom stereocenters. The molecule has 4 heteroatoms. The molecule has 3 aromatic heterocycles. The van der Waals surface area contributed by atoms with Crippen LogP contribution >= 0.6 is 11.3 Å². The summed E-state index contributed by atoms with van der Waals surface area (Å²) in [5.74, 6) is 0. The SMILES string of the molecule is c1cc(-c2ccc3oc4ccccc4c3c2)cc(N(c2ccc(-c3ccc4sc5ccccc5c4c3)cc2)c2ccc3c(c2)oc2ccccc23)c1. The van der Waals surface area contributed by atoms with Crippen LogP contribution in [0, 0.1) is 0 Å². The van der Waals surface area contributed by atoms with Gasteiger partial charge in [0, 0.05) is 64.8 Å². The molecule has 8 aromatic carbocycles. The van der Waals surface area contributed by atoms with Crippen LogP contribution in [-0.2, 0) is 0 Å². The van der Waals surface area contributed by atoms with E-state index in [9.17, 15) is 0 Å². The van der Waals surface area contributed by atoms with Crippen LogP contribution in [-0.4, -0.2) is 0 Å². The zero-order valence-electron chi connectivity index (χ0n) is 27.9. The minimum atomic E-state index is 0.866. The third-order valence-corrected chi connectivity index (χ3v) is 11.4. The molecule has 0 aliphatic rings. The van der Waals surface area contributed by atoms with E-state index in [0.717, 1.165) is 72.1 Å². The summed E-state index contributed by atoms with van der Waals surface area (Å²) in [5.41, 5.74) is 11.4. The first-order valence-corrected chi connectivity index (χ1v) is 18.3. The number of fused-ring (bicyclic) bond motifs is 9. The number of hydrogen-bond donors (Lipinski definition) is 0. The topological polar surface area (TPSA) is 29.5 Å². The summed E-state index contributed by atoms with van der Waals surface area (Å²) in [6.07, 6.45) is 0. The van der Waals surface area contributed by atoms with Crippen LogP contribution in [0.1, 0.15) is 0 Å². The summed E-state index contributed by atoms with van der Waals surface area (Å²) in [5, 5.41) is 7.10. The molecule has 11 aromatic rings. The van der Waals surface area contributed by atoms with Crippen molar-refractivity contribution < 1.29 is 8.83 Å². The highest BCUT2D eigenvalue weighted by molar-refractivity contribution is 7.25. The van der Waals surface area contributed by atoms with E-state index in [2.05, 4.69) is 157 Å². The van der Waals surface area contributed by atoms with E-state index in [1.165, 1.54) is 31.3 Å². The van der Waals surface area contributed by atoms with E-state index in [-0.39, 0.29) is 0 Å². The van der Waals surface area contributed by atoms with Crippen molar-refractivity contribution in [1.29, 1.82) is 0 Å². The first kappa shape index (κ1) is 29.1. The van der Waals surface area contributed by atoms with Gasteiger partial charge in [0.05, 0.1) is 0 Å². The lowest BCUT2D eigenvalue weighted by atomic mass is 10.0. The van der Waals surface area contributed by atoms with Gasteiger partial charge in [-0.1, -0.05) is 91.0 Å². The van der Waals surface area contributed by atoms with Crippen LogP contribution in [0.5, 0.6) is 0 Å². The molecule has 0 saturated carbocycles. The highest BCUT2D eigenvalue weighted by atomic mass is 32.1. The third-order valence-electron chi connectivity index (χ3n) is 10.3. The average molecular weight is 684 g/mol. The predicted molar refractivity (Wildman–Crippen MR) is 219 cm³/mol. The molecule has 244 valence electrons. The van der Waals surface area contributed by atoms with Crippen molar-refractivity contribution in [3.8, 4) is 22.3 Å². The maximum atomic E-state index is 6.38. The lowest BCUT2D eigenvalue weighted by molar-refractivity contribution is 0.668. The quantitative estimate of drug-likeness (QED) is 0.181. The standard InChI is InChI=1S/C48H29NO2S/c1-4-13-43-37(10-1)39-23-22-36(29-46(39)51-43)49(34-20-16-30(17-21-34)32-19-25-48-42(28-32)40-12-3-6-15-47(40)52-48)35-9-7-8-31(26-35)33-18-24-45-41(27-33)38-11-2-5-14-44(38)50-45/h1-29H. The molecule has 0 atom stereocenters. The summed E-state index contributed by atoms with van der Waals surface area (Å²) in [6, 6.07) is 62.7. The van der Waals surface area contributed by atoms with Crippen LogP contribution in [0.25, 0.3) is 86.3 Å². The number of benzene rings is 8. The van der Waals surface area contributed by atoms with Crippen molar-refractivity contribution in [2.24, 2.45) is 0 Å². The van der Waals surface area contributed by atoms with E-state index in [4.69, 9.17) is 8.83 Å². The second-order valence-corrected chi connectivity index (χ2v) is 14.4. The molecule has 0 radical (unpaired) electrons. The summed E-state index contributed by atoms with van der Waals surface area (Å²) >= 11 is 1.85. The molecular formula is C48H29NO2S. The minimum Gasteiger partial charge on any atom is -0.456 e. The van der Waals surface area contributed by atoms with Gasteiger partial charge < -0.3 is 13.7 Å². The summed E-state index contributed by atoms with van der Waals surface area (Å²) in [4.78, 5) is 2.32. The first-order valence-electron chi connectivity index (χ1n) is 17.5. The summed E-state index contributed by atoms with van der Waals surface area (Å²) < 4.78 is 15.2. The fourth-order valence-electron chi connectivity index (χ4n) is 7.74. The molecule has 0 saturated heterocycles. The molecule has 0 bridgehead atoms. The lowest BCUT2D eigenvalue weighted by Crippen LogP contribution is -2.10. The van der Waals surface area contributed by atoms with Crippen molar-refractivity contribution in [2.45, 2.75) is 0 Å². The molecule has 11 rings (SSSR count). The number of anilines is 3. The number of thiophene rings is 1. The van der Waals surface area contributed by atoms with Gasteiger partial charge in [0.15, 0.2) is 0 Å². The lowest BCUT2D eigenvalue weighted by Gasteiger charge is -2.26. The molecule has 0 aliphatic carbocycles. The Labute approximate surface area is 303 Å². The molecule has 3 heterocycles. The van der Waals surface area contributed by atoms with Crippen LogP contribution < -0.4 is 4.90 Å². The predicted octanol–water partition coefficient (Wildman–Crippen LogP) is 14.7. The van der Waals surface area contributed by atoms with Gasteiger partial charge in [-0.15, -0.1) is 11.3 Å². The Morgan fingerprint density at radius 1 is 0.308 bits per heavy atom. The molecule has 0 aliphatic heterocycles. The first-order chi connectivity index (χ1) is 25.7. The molecular weight excluding hydrogens is 655 g/mol. The number of furan rings is 2. The van der Waals surface area contributed by atoms with Gasteiger partial charge in [-0.3, -0.25) is 0 Å². The van der Waals surface area contributed by atoms with Crippen molar-refractivity contribution in [2.75, 3.05) is 4.90 Å². The molecule has 0 spiro atoms. The summed E-state index contributed by atoms with van der Waals surface area (Å²) in [7, 11) is 0. The monoisotopic (exact) mass is 683 g/mol. The Kier molecular flexibility index (Phi) is 6.42. The summed E-state index contributed by atoms with van der Waals surface area (Å²) in [6.45, 7) is 0. The fourth-order valence-corrected chi connectivity index (χ4v) is 8.83. The van der Waals surface area contributed by atoms with E-state index in [1.54, 1.807) is 0 Å². The Balaban J connectivity index is 1.04. The van der Waals surface area contributed by atoms with Crippen LogP contribution in [0.15, 0.2) is 185 Å². The molecule has 0 fully saturated rings. The number of hydrogen-bond acceptors (Lipinski definition) is 4. The van der Waals surface area contributed by atoms with Gasteiger partial charge in [0.25, 0.3) is 0 Å². The van der Waals surface area contributed by atoms with Gasteiger partial charge in [-0.2, -0.15) is 0 Å². The van der Waals surface area contributed by atoms with Crippen molar-refractivity contribution >= 4 is 92.4 Å². The normalized spacial score (nSPS) is 11.8. The van der Waals surface area contributed by atoms with Crippen LogP contribution in [0.4, 0.5) is 17.1 Å². The molecule has 0 amide bonds. The Hall–Kier alpha value is -6.62. The second kappa shape index (κ2) is 11.5. The van der Waals surface area contributed by atoms with Crippen LogP contribution in [0.3, 0.4) is 0 Å². The van der Waals surface area contributed by atoms with Gasteiger partial charge >= 0.3 is 0 Å². The number of para-hydroxylation sites is 2. The zero-order valence-corrected chi connectivity index (χ0v) is 28.7. The van der Waals surface area contributed by atoms with E-state index < -0.39 is 0 Å². The van der Waals surface area contributed by atoms with Gasteiger partial charge in [0.2, 0.25) is 0 Å². The van der Waals surface area contributed by atoms with E-state index >= 15 is 0 Å². The fraction of sp³-hybridized carbons (Fsp3) is 0. The molecule has 0 N–H and O–H groups in total. The van der Waals surface area contributed by atoms with Gasteiger partial charge in [-0.05, 0) is 101 Å². The number of rotatable bonds is 5. The third kappa shape index (κ3) is 4.65. The van der Waals surface area contributed by atoms with Crippen molar-refractivity contribution in [1.82, 2.24) is 0 Å². The van der Waals surface area contributed by atoms with Crippen LogP contribution in [0.2, 0.25) is 0 Å². The highest BCUT2D eigenvalue weighted by Gasteiger charge is 2.17. The van der Waals surface area contributed by atoms with E-state index in [0.29, 0.717) is 0 Å². The maximum absolute atomic E-state index is 6.38. The van der Waals surface area contributed by atoms with Gasteiger partial charge in [0.1, 0.15) is 22.3 Å². The Bertz CT molecular complexity index is 3150. The Morgan fingerprint density at radius 3 is 1.71 bits per heavy atom. The smallest absolute Gasteiger partial charge is 0.137 e. The zero-order chi connectivity index (χ0) is 34.2. The minimum absolute atomic E-state index is 0.866. The second-order valence-electron chi connectivity index (χ2n) is 13.3. The molecule has 3 nitrogen and oxygen atoms in total. The van der Waals surface area contributed by atoms with Crippen molar-refractivity contribution in [3.05, 3.63) is 176 Å². The largest absolute Gasteiger partial charge is 0.456 e. The molecule has 52 heavy (non-hydrogen) atoms. The highest BCUT2D eigenvalue weighted by Crippen LogP contribution is 2.42. The van der Waals surface area contributed by atoms with Crippen molar-refractivity contribution in [3.63, 3.8) is 0 Å². The Morgan fingerprint density at radius 2 is 0.865 bits per heavy atom. The average Bonchev–Trinajstić information content (AvgIpc) is 3.89. The maximum Gasteiger partial charge on any atom is 0.137 e. The number of nitrogens with zero attached hydrogens (tertiary/aromatic N) is 1. The van der Waals surface area contributed by atoms with Gasteiger partial charge in [-0.25, -0.2) is 0 Å².